The molecule has 2 heterocycles. The van der Waals surface area contributed by atoms with Crippen LogP contribution in [-0.4, -0.2) is 6.71 Å². The summed E-state index contributed by atoms with van der Waals surface area (Å²) in [4.78, 5) is 8.05. The average Bonchev–Trinajstić information content (AvgIpc) is 1.17. The van der Waals surface area contributed by atoms with E-state index in [-0.39, 0.29) is 55.4 Å². The largest absolute Gasteiger partial charge is 0.311 e. The molecule has 2 aliphatic heterocycles. The van der Waals surface area contributed by atoms with Crippen LogP contribution in [0.25, 0.3) is 11.1 Å². The predicted molar refractivity (Wildman–Crippen MR) is 378 cm³/mol. The minimum absolute atomic E-state index is 0.000709. The summed E-state index contributed by atoms with van der Waals surface area (Å²) in [6.07, 6.45) is 4.65. The number of benzene rings is 8. The van der Waals surface area contributed by atoms with Crippen LogP contribution in [0.5, 0.6) is 0 Å². The van der Waals surface area contributed by atoms with Crippen molar-refractivity contribution in [3.8, 4) is 11.1 Å². The molecule has 0 radical (unpaired) electrons. The Bertz CT molecular complexity index is 4060. The van der Waals surface area contributed by atoms with Gasteiger partial charge in [0.25, 0.3) is 6.71 Å². The second-order valence-corrected chi connectivity index (χ2v) is 34.5. The molecule has 13 rings (SSSR count). The molecule has 0 N–H and O–H groups in total. The smallest absolute Gasteiger partial charge is 0.252 e. The Hall–Kier alpha value is -6.78. The number of rotatable bonds is 5. The van der Waals surface area contributed by atoms with E-state index in [9.17, 15) is 0 Å². The van der Waals surface area contributed by atoms with E-state index >= 15 is 0 Å². The average molecular weight is 1150 g/mol. The van der Waals surface area contributed by atoms with Gasteiger partial charge in [0.2, 0.25) is 0 Å². The number of nitrogens with zero attached hydrogens (tertiary/aromatic N) is 3. The van der Waals surface area contributed by atoms with Gasteiger partial charge in [0.15, 0.2) is 0 Å². The van der Waals surface area contributed by atoms with Crippen LogP contribution >= 0.6 is 0 Å². The zero-order chi connectivity index (χ0) is 62.5. The van der Waals surface area contributed by atoms with Crippen molar-refractivity contribution >= 4 is 74.3 Å². The van der Waals surface area contributed by atoms with Crippen molar-refractivity contribution in [2.45, 2.75) is 227 Å². The van der Waals surface area contributed by atoms with Gasteiger partial charge in [-0.05, 0) is 225 Å². The van der Waals surface area contributed by atoms with Crippen LogP contribution in [0.15, 0.2) is 146 Å². The lowest BCUT2D eigenvalue weighted by Gasteiger charge is -2.49. The molecule has 8 aromatic carbocycles. The standard InChI is InChI=1S/C83H98BN3/c1-75(2,3)51-27-31-54(32-28-51)85(55-33-29-52(30-34-55)76(4,5)6)57-36-39-65-68(48-57)87(67-40-37-59-58-25-23-24-26-60(58)83(21,22)72(59)73(67)78(10,11)12)71-46-53(77(7,8)9)45-70-74(71)84(65)66-49-63-64(82(19,20)44-43-81(63,17)18)50-69(66)86(70)56-35-38-61-62(47-56)80(15,16)42-41-79(61,13)14/h23-40,45-50H,41-44H2,1-22H3. The molecule has 0 saturated heterocycles. The Balaban J connectivity index is 1.17. The van der Waals surface area contributed by atoms with Crippen molar-refractivity contribution in [1.29, 1.82) is 0 Å². The molecule has 3 nitrogen and oxygen atoms in total. The second-order valence-electron chi connectivity index (χ2n) is 34.5. The van der Waals surface area contributed by atoms with Crippen LogP contribution in [0.3, 0.4) is 0 Å². The Morgan fingerprint density at radius 1 is 0.356 bits per heavy atom. The summed E-state index contributed by atoms with van der Waals surface area (Å²) in [7, 11) is 0. The molecule has 0 spiro atoms. The van der Waals surface area contributed by atoms with Crippen LogP contribution in [0.4, 0.5) is 51.2 Å². The highest BCUT2D eigenvalue weighted by Gasteiger charge is 2.50. The molecule has 87 heavy (non-hydrogen) atoms. The summed E-state index contributed by atoms with van der Waals surface area (Å²) < 4.78 is 0. The van der Waals surface area contributed by atoms with E-state index in [0.29, 0.717) is 0 Å². The Labute approximate surface area is 525 Å². The molecule has 8 aromatic rings. The normalized spacial score (nSPS) is 18.2. The topological polar surface area (TPSA) is 9.72 Å². The van der Waals surface area contributed by atoms with Crippen molar-refractivity contribution in [3.05, 3.63) is 201 Å². The summed E-state index contributed by atoms with van der Waals surface area (Å²) >= 11 is 0. The van der Waals surface area contributed by atoms with E-state index in [1.807, 2.05) is 0 Å². The molecule has 0 bridgehead atoms. The highest BCUT2D eigenvalue weighted by Crippen LogP contribution is 2.58. The third-order valence-electron chi connectivity index (χ3n) is 21.9. The lowest BCUT2D eigenvalue weighted by atomic mass is 9.33. The molecule has 5 aliphatic rings. The highest BCUT2D eigenvalue weighted by molar-refractivity contribution is 7.00. The van der Waals surface area contributed by atoms with Gasteiger partial charge in [-0.3, -0.25) is 0 Å². The molecule has 0 amide bonds. The van der Waals surface area contributed by atoms with Crippen LogP contribution in [0, 0.1) is 0 Å². The first-order valence-corrected chi connectivity index (χ1v) is 33.0. The maximum absolute atomic E-state index is 2.78. The van der Waals surface area contributed by atoms with Gasteiger partial charge in [0.05, 0.1) is 5.69 Å². The van der Waals surface area contributed by atoms with E-state index in [4.69, 9.17) is 0 Å². The Kier molecular flexibility index (Phi) is 13.0. The molecule has 0 aromatic heterocycles. The number of anilines is 9. The monoisotopic (exact) mass is 1150 g/mol. The van der Waals surface area contributed by atoms with E-state index in [1.54, 1.807) is 0 Å². The van der Waals surface area contributed by atoms with Crippen molar-refractivity contribution in [1.82, 2.24) is 0 Å². The van der Waals surface area contributed by atoms with Gasteiger partial charge in [0.1, 0.15) is 0 Å². The highest BCUT2D eigenvalue weighted by atomic mass is 15.2. The van der Waals surface area contributed by atoms with Crippen LogP contribution in [0.1, 0.15) is 234 Å². The first kappa shape index (κ1) is 59.2. The number of hydrogen-bond donors (Lipinski definition) is 0. The third kappa shape index (κ3) is 9.31. The minimum Gasteiger partial charge on any atom is -0.311 e. The zero-order valence-electron chi connectivity index (χ0n) is 57.1. The fourth-order valence-electron chi connectivity index (χ4n) is 16.3. The SMILES string of the molecule is CC(C)(C)c1ccc(N(c2ccc(C(C)(C)C)cc2)c2ccc3c(c2)N(c2ccc4c(c2C(C)(C)C)C(C)(C)c2ccccc2-4)c2cc(C(C)(C)C)cc4c2B3c2cc3c(cc2N4c2ccc4c(c2)C(C)(C)CCC4(C)C)C(C)(C)CCC3(C)C)cc1. The second kappa shape index (κ2) is 19.1. The van der Waals surface area contributed by atoms with Gasteiger partial charge in [-0.1, -0.05) is 225 Å². The first-order chi connectivity index (χ1) is 40.4. The van der Waals surface area contributed by atoms with Crippen LogP contribution in [0.2, 0.25) is 0 Å². The minimum atomic E-state index is -0.244. The molecule has 0 saturated carbocycles. The van der Waals surface area contributed by atoms with Gasteiger partial charge >= 0.3 is 0 Å². The quantitative estimate of drug-likeness (QED) is 0.159. The van der Waals surface area contributed by atoms with Gasteiger partial charge in [-0.2, -0.15) is 0 Å². The predicted octanol–water partition coefficient (Wildman–Crippen LogP) is 21.4. The molecule has 0 unspecified atom stereocenters. The fraction of sp³-hybridized carbons (Fsp3) is 0.422. The molecule has 3 aliphatic carbocycles. The summed E-state index contributed by atoms with van der Waals surface area (Å²) in [5, 5.41) is 0. The summed E-state index contributed by atoms with van der Waals surface area (Å²) in [5.41, 5.74) is 31.6. The molecule has 4 heteroatoms. The van der Waals surface area contributed by atoms with E-state index < -0.39 is 0 Å². The third-order valence-corrected chi connectivity index (χ3v) is 21.9. The Morgan fingerprint density at radius 2 is 0.839 bits per heavy atom. The number of fused-ring (bicyclic) bond motifs is 9. The molecular weight excluding hydrogens is 1050 g/mol. The lowest BCUT2D eigenvalue weighted by Crippen LogP contribution is -2.62. The maximum Gasteiger partial charge on any atom is 0.252 e. The zero-order valence-corrected chi connectivity index (χ0v) is 57.1. The molecule has 0 atom stereocenters. The number of hydrogen-bond acceptors (Lipinski definition) is 3. The van der Waals surface area contributed by atoms with Crippen molar-refractivity contribution in [2.75, 3.05) is 14.7 Å². The summed E-state index contributed by atoms with van der Waals surface area (Å²) in [6, 6.07) is 58.9. The lowest BCUT2D eigenvalue weighted by molar-refractivity contribution is 0.332. The van der Waals surface area contributed by atoms with E-state index in [2.05, 4.69) is 313 Å². The van der Waals surface area contributed by atoms with Crippen LogP contribution < -0.4 is 31.1 Å². The van der Waals surface area contributed by atoms with Gasteiger partial charge in [-0.15, -0.1) is 0 Å². The van der Waals surface area contributed by atoms with Gasteiger partial charge < -0.3 is 14.7 Å². The molecule has 0 fully saturated rings. The Morgan fingerprint density at radius 3 is 1.38 bits per heavy atom. The molecule has 448 valence electrons. The van der Waals surface area contributed by atoms with E-state index in [1.165, 1.54) is 124 Å². The van der Waals surface area contributed by atoms with Crippen molar-refractivity contribution in [3.63, 3.8) is 0 Å². The van der Waals surface area contributed by atoms with Gasteiger partial charge in [0, 0.05) is 50.9 Å². The van der Waals surface area contributed by atoms with E-state index in [0.717, 1.165) is 36.3 Å². The molecular formula is C83H98BN3. The summed E-state index contributed by atoms with van der Waals surface area (Å²) in [5.74, 6) is 0. The van der Waals surface area contributed by atoms with Crippen molar-refractivity contribution in [2.24, 2.45) is 0 Å². The van der Waals surface area contributed by atoms with Gasteiger partial charge in [-0.25, -0.2) is 0 Å². The first-order valence-electron chi connectivity index (χ1n) is 33.0. The summed E-state index contributed by atoms with van der Waals surface area (Å²) in [6.45, 7) is 53.4. The maximum atomic E-state index is 2.78. The van der Waals surface area contributed by atoms with Crippen LogP contribution in [-0.2, 0) is 48.7 Å². The van der Waals surface area contributed by atoms with Crippen molar-refractivity contribution < 1.29 is 0 Å². The fourth-order valence-corrected chi connectivity index (χ4v) is 16.3.